The second kappa shape index (κ2) is 5.96. The number of anilines is 3. The second-order valence-electron chi connectivity index (χ2n) is 4.22. The first kappa shape index (κ1) is 13.7. The van der Waals surface area contributed by atoms with Gasteiger partial charge in [0.05, 0.1) is 0 Å². The van der Waals surface area contributed by atoms with Crippen LogP contribution in [0.25, 0.3) is 0 Å². The maximum absolute atomic E-state index is 11.7. The van der Waals surface area contributed by atoms with E-state index in [1.807, 2.05) is 30.3 Å². The van der Waals surface area contributed by atoms with Crippen LogP contribution in [-0.2, 0) is 11.2 Å². The minimum Gasteiger partial charge on any atom is -0.368 e. The fraction of sp³-hybridized carbons (Fsp3) is 0.231. The Morgan fingerprint density at radius 2 is 1.70 bits per heavy atom. The Labute approximate surface area is 116 Å². The Morgan fingerprint density at radius 3 is 2.25 bits per heavy atom. The van der Waals surface area contributed by atoms with Crippen LogP contribution in [0.1, 0.15) is 12.7 Å². The van der Waals surface area contributed by atoms with Crippen LogP contribution in [0.3, 0.4) is 0 Å². The van der Waals surface area contributed by atoms with Gasteiger partial charge < -0.3 is 16.4 Å². The Balaban J connectivity index is 2.12. The van der Waals surface area contributed by atoms with Gasteiger partial charge in [-0.2, -0.15) is 15.0 Å². The molecule has 0 aliphatic carbocycles. The monoisotopic (exact) mass is 272 g/mol. The molecular formula is C13H16N6O. The van der Waals surface area contributed by atoms with Gasteiger partial charge in [0.1, 0.15) is 5.82 Å². The summed E-state index contributed by atoms with van der Waals surface area (Å²) < 4.78 is 0. The number of rotatable bonds is 4. The zero-order valence-corrected chi connectivity index (χ0v) is 11.2. The topological polar surface area (TPSA) is 111 Å². The van der Waals surface area contributed by atoms with Crippen molar-refractivity contribution in [2.24, 2.45) is 0 Å². The van der Waals surface area contributed by atoms with Gasteiger partial charge in [-0.15, -0.1) is 0 Å². The summed E-state index contributed by atoms with van der Waals surface area (Å²) in [5, 5.41) is 0. The third-order valence-corrected chi connectivity index (χ3v) is 2.72. The number of hydrogen-bond donors (Lipinski definition) is 2. The van der Waals surface area contributed by atoms with Crippen molar-refractivity contribution in [3.63, 3.8) is 0 Å². The van der Waals surface area contributed by atoms with Crippen LogP contribution < -0.4 is 16.4 Å². The smallest absolute Gasteiger partial charge is 0.225 e. The highest BCUT2D eigenvalue weighted by Crippen LogP contribution is 2.14. The second-order valence-corrected chi connectivity index (χ2v) is 4.22. The summed E-state index contributed by atoms with van der Waals surface area (Å²) in [4.78, 5) is 25.1. The van der Waals surface area contributed by atoms with Crippen molar-refractivity contribution in [2.45, 2.75) is 13.3 Å². The summed E-state index contributed by atoms with van der Waals surface area (Å²) in [6, 6.07) is 9.40. The molecule has 0 atom stereocenters. The molecule has 0 aliphatic heterocycles. The lowest BCUT2D eigenvalue weighted by atomic mass is 10.2. The van der Waals surface area contributed by atoms with E-state index in [1.165, 1.54) is 6.92 Å². The number of para-hydroxylation sites is 1. The van der Waals surface area contributed by atoms with Crippen molar-refractivity contribution in [1.29, 1.82) is 0 Å². The fourth-order valence-corrected chi connectivity index (χ4v) is 1.86. The van der Waals surface area contributed by atoms with Crippen molar-refractivity contribution in [3.8, 4) is 0 Å². The van der Waals surface area contributed by atoms with Gasteiger partial charge in [-0.3, -0.25) is 4.79 Å². The first-order valence-electron chi connectivity index (χ1n) is 6.15. The summed E-state index contributed by atoms with van der Waals surface area (Å²) >= 11 is 0. The molecule has 0 saturated heterocycles. The van der Waals surface area contributed by atoms with Crippen molar-refractivity contribution < 1.29 is 4.79 Å². The van der Waals surface area contributed by atoms with E-state index in [0.717, 1.165) is 5.69 Å². The average Bonchev–Trinajstić information content (AvgIpc) is 2.38. The highest BCUT2D eigenvalue weighted by Gasteiger charge is 2.12. The fourth-order valence-electron chi connectivity index (χ4n) is 1.86. The summed E-state index contributed by atoms with van der Waals surface area (Å²) in [6.45, 7) is 1.96. The van der Waals surface area contributed by atoms with E-state index < -0.39 is 0 Å². The number of nitrogens with zero attached hydrogens (tertiary/aromatic N) is 4. The normalized spacial score (nSPS) is 10.2. The Morgan fingerprint density at radius 1 is 1.10 bits per heavy atom. The highest BCUT2D eigenvalue weighted by molar-refractivity contribution is 5.91. The molecule has 1 aromatic heterocycles. The van der Waals surface area contributed by atoms with Gasteiger partial charge in [0.25, 0.3) is 0 Å². The molecule has 0 bridgehead atoms. The quantitative estimate of drug-likeness (QED) is 0.844. The van der Waals surface area contributed by atoms with Gasteiger partial charge in [0.2, 0.25) is 17.8 Å². The first-order chi connectivity index (χ1) is 9.56. The SMILES string of the molecule is CC(=O)N(CCc1nc(N)nc(N)n1)c1ccccc1. The van der Waals surface area contributed by atoms with Gasteiger partial charge in [0, 0.05) is 25.6 Å². The van der Waals surface area contributed by atoms with E-state index in [-0.39, 0.29) is 17.8 Å². The summed E-state index contributed by atoms with van der Waals surface area (Å²) in [5.41, 5.74) is 11.9. The number of hydrogen-bond acceptors (Lipinski definition) is 6. The molecule has 1 aromatic carbocycles. The third-order valence-electron chi connectivity index (χ3n) is 2.72. The van der Waals surface area contributed by atoms with Crippen LogP contribution in [0.4, 0.5) is 17.6 Å². The summed E-state index contributed by atoms with van der Waals surface area (Å²) in [6.07, 6.45) is 0.450. The van der Waals surface area contributed by atoms with Crippen molar-refractivity contribution in [3.05, 3.63) is 36.2 Å². The number of nitrogen functional groups attached to an aromatic ring is 2. The minimum absolute atomic E-state index is 0.0498. The predicted molar refractivity (Wildman–Crippen MR) is 76.8 cm³/mol. The van der Waals surface area contributed by atoms with Crippen LogP contribution in [0.15, 0.2) is 30.3 Å². The summed E-state index contributed by atoms with van der Waals surface area (Å²) in [5.74, 6) is 0.589. The van der Waals surface area contributed by atoms with Gasteiger partial charge in [-0.1, -0.05) is 18.2 Å². The number of benzene rings is 1. The zero-order valence-electron chi connectivity index (χ0n) is 11.2. The van der Waals surface area contributed by atoms with E-state index in [1.54, 1.807) is 4.90 Å². The molecule has 20 heavy (non-hydrogen) atoms. The number of nitrogens with two attached hydrogens (primary N) is 2. The van der Waals surface area contributed by atoms with Crippen LogP contribution in [-0.4, -0.2) is 27.4 Å². The van der Waals surface area contributed by atoms with Gasteiger partial charge >= 0.3 is 0 Å². The molecule has 104 valence electrons. The van der Waals surface area contributed by atoms with E-state index in [2.05, 4.69) is 15.0 Å². The molecule has 0 spiro atoms. The van der Waals surface area contributed by atoms with E-state index in [0.29, 0.717) is 18.8 Å². The lowest BCUT2D eigenvalue weighted by molar-refractivity contribution is -0.116. The van der Waals surface area contributed by atoms with Crippen LogP contribution in [0.5, 0.6) is 0 Å². The van der Waals surface area contributed by atoms with Gasteiger partial charge in [-0.05, 0) is 12.1 Å². The molecule has 4 N–H and O–H groups in total. The molecule has 0 fully saturated rings. The number of carbonyl (C=O) groups is 1. The van der Waals surface area contributed by atoms with Crippen LogP contribution in [0, 0.1) is 0 Å². The Kier molecular flexibility index (Phi) is 4.09. The zero-order chi connectivity index (χ0) is 14.5. The molecule has 7 nitrogen and oxygen atoms in total. The lowest BCUT2D eigenvalue weighted by Crippen LogP contribution is -2.31. The molecule has 7 heteroatoms. The Hall–Kier alpha value is -2.70. The largest absolute Gasteiger partial charge is 0.368 e. The van der Waals surface area contributed by atoms with E-state index >= 15 is 0 Å². The molecule has 1 amide bonds. The van der Waals surface area contributed by atoms with Gasteiger partial charge in [0.15, 0.2) is 0 Å². The minimum atomic E-state index is -0.0498. The van der Waals surface area contributed by atoms with E-state index in [9.17, 15) is 4.79 Å². The van der Waals surface area contributed by atoms with Gasteiger partial charge in [-0.25, -0.2) is 0 Å². The molecule has 0 radical (unpaired) electrons. The number of aromatic nitrogens is 3. The Bertz CT molecular complexity index is 581. The standard InChI is InChI=1S/C13H16N6O/c1-9(20)19(10-5-3-2-4-6-10)8-7-11-16-12(14)18-13(15)17-11/h2-6H,7-8H2,1H3,(H4,14,15,16,17,18). The lowest BCUT2D eigenvalue weighted by Gasteiger charge is -2.20. The maximum Gasteiger partial charge on any atom is 0.225 e. The average molecular weight is 272 g/mol. The molecular weight excluding hydrogens is 256 g/mol. The van der Waals surface area contributed by atoms with Crippen molar-refractivity contribution in [1.82, 2.24) is 15.0 Å². The summed E-state index contributed by atoms with van der Waals surface area (Å²) in [7, 11) is 0. The number of amides is 1. The van der Waals surface area contributed by atoms with Crippen molar-refractivity contribution in [2.75, 3.05) is 22.9 Å². The predicted octanol–water partition coefficient (Wildman–Crippen LogP) is 0.632. The third kappa shape index (κ3) is 3.41. The molecule has 2 aromatic rings. The molecule has 0 saturated carbocycles. The van der Waals surface area contributed by atoms with Crippen LogP contribution >= 0.6 is 0 Å². The van der Waals surface area contributed by atoms with E-state index in [4.69, 9.17) is 11.5 Å². The molecule has 0 unspecified atom stereocenters. The van der Waals surface area contributed by atoms with Crippen LogP contribution in [0.2, 0.25) is 0 Å². The molecule has 2 rings (SSSR count). The highest BCUT2D eigenvalue weighted by atomic mass is 16.2. The molecule has 1 heterocycles. The van der Waals surface area contributed by atoms with Crippen molar-refractivity contribution >= 4 is 23.5 Å². The number of carbonyl (C=O) groups excluding carboxylic acids is 1. The first-order valence-corrected chi connectivity index (χ1v) is 6.15. The maximum atomic E-state index is 11.7. The molecule has 0 aliphatic rings.